The van der Waals surface area contributed by atoms with Crippen molar-refractivity contribution >= 4 is 35.1 Å². The van der Waals surface area contributed by atoms with Gasteiger partial charge in [0.15, 0.2) is 11.4 Å². The zero-order chi connectivity index (χ0) is 28.6. The molecular formula is C29H30ClN3O6. The zero-order valence-corrected chi connectivity index (χ0v) is 23.1. The van der Waals surface area contributed by atoms with E-state index < -0.39 is 35.1 Å². The summed E-state index contributed by atoms with van der Waals surface area (Å²) in [5.41, 5.74) is -0.112. The van der Waals surface area contributed by atoms with Gasteiger partial charge in [-0.15, -0.1) is 0 Å². The van der Waals surface area contributed by atoms with Gasteiger partial charge in [0.05, 0.1) is 17.1 Å². The largest absolute Gasteiger partial charge is 0.480 e. The SMILES string of the molecule is C/C=C(\C)C(=O)C1=C2C3=CN([C@@H](Cc4c[nH]cn4)C(=O)O)C(/C=C/[C@@H](C)CC)=CC3=C(Cl)C(=O)[C@@]2(C)OC1=O. The van der Waals surface area contributed by atoms with Gasteiger partial charge < -0.3 is 19.7 Å². The van der Waals surface area contributed by atoms with E-state index in [0.717, 1.165) is 6.42 Å². The van der Waals surface area contributed by atoms with Crippen molar-refractivity contribution in [2.45, 2.75) is 59.1 Å². The van der Waals surface area contributed by atoms with E-state index in [1.165, 1.54) is 13.3 Å². The van der Waals surface area contributed by atoms with Crippen LogP contribution in [-0.4, -0.2) is 55.1 Å². The Labute approximate surface area is 231 Å². The number of ketones is 2. The fourth-order valence-corrected chi connectivity index (χ4v) is 5.05. The first-order valence-corrected chi connectivity index (χ1v) is 13.0. The third kappa shape index (κ3) is 4.83. The molecule has 3 atom stereocenters. The third-order valence-electron chi connectivity index (χ3n) is 7.35. The van der Waals surface area contributed by atoms with Gasteiger partial charge in [-0.2, -0.15) is 0 Å². The van der Waals surface area contributed by atoms with Crippen LogP contribution in [0, 0.1) is 5.92 Å². The highest BCUT2D eigenvalue weighted by atomic mass is 35.5. The van der Waals surface area contributed by atoms with Gasteiger partial charge in [0.25, 0.3) is 0 Å². The molecular weight excluding hydrogens is 522 g/mol. The second-order valence-corrected chi connectivity index (χ2v) is 10.3. The predicted molar refractivity (Wildman–Crippen MR) is 144 cm³/mol. The van der Waals surface area contributed by atoms with E-state index in [2.05, 4.69) is 9.97 Å². The number of carboxylic acid groups (broad SMARTS) is 1. The number of carboxylic acids is 1. The van der Waals surface area contributed by atoms with Crippen molar-refractivity contribution in [3.63, 3.8) is 0 Å². The highest BCUT2D eigenvalue weighted by Crippen LogP contribution is 2.50. The number of aromatic amines is 1. The first-order chi connectivity index (χ1) is 18.4. The molecule has 0 unspecified atom stereocenters. The van der Waals surface area contributed by atoms with Crippen molar-refractivity contribution in [2.24, 2.45) is 5.92 Å². The van der Waals surface area contributed by atoms with Crippen LogP contribution in [0.4, 0.5) is 0 Å². The minimum absolute atomic E-state index is 0.0536. The minimum Gasteiger partial charge on any atom is -0.480 e. The number of carbonyl (C=O) groups excluding carboxylic acids is 3. The van der Waals surface area contributed by atoms with Gasteiger partial charge in [-0.3, -0.25) is 9.59 Å². The maximum atomic E-state index is 13.5. The predicted octanol–water partition coefficient (Wildman–Crippen LogP) is 4.31. The van der Waals surface area contributed by atoms with Crippen LogP contribution in [0.25, 0.3) is 0 Å². The molecule has 3 heterocycles. The number of aromatic nitrogens is 2. The molecule has 0 saturated carbocycles. The Kier molecular flexibility index (Phi) is 7.66. The molecule has 1 aliphatic carbocycles. The molecule has 2 aliphatic heterocycles. The molecule has 10 heteroatoms. The molecule has 39 heavy (non-hydrogen) atoms. The number of allylic oxidation sites excluding steroid dienone is 6. The van der Waals surface area contributed by atoms with E-state index in [0.29, 0.717) is 22.5 Å². The monoisotopic (exact) mass is 551 g/mol. The lowest BCUT2D eigenvalue weighted by Crippen LogP contribution is -2.45. The highest BCUT2D eigenvalue weighted by Gasteiger charge is 2.57. The Balaban J connectivity index is 1.99. The average molecular weight is 552 g/mol. The Morgan fingerprint density at radius 2 is 2.05 bits per heavy atom. The summed E-state index contributed by atoms with van der Waals surface area (Å²) in [6.45, 7) is 8.69. The summed E-state index contributed by atoms with van der Waals surface area (Å²) in [5.74, 6) is -3.06. The highest BCUT2D eigenvalue weighted by molar-refractivity contribution is 6.46. The smallest absolute Gasteiger partial charge is 0.343 e. The summed E-state index contributed by atoms with van der Waals surface area (Å²) in [5, 5.41) is 10.1. The lowest BCUT2D eigenvalue weighted by Gasteiger charge is -2.38. The molecule has 0 amide bonds. The first kappa shape index (κ1) is 28.0. The fourth-order valence-electron chi connectivity index (χ4n) is 4.72. The van der Waals surface area contributed by atoms with Crippen LogP contribution in [0.1, 0.15) is 46.7 Å². The number of nitrogens with one attached hydrogen (secondary N) is 1. The lowest BCUT2D eigenvalue weighted by atomic mass is 9.74. The van der Waals surface area contributed by atoms with E-state index in [9.17, 15) is 24.3 Å². The van der Waals surface area contributed by atoms with Gasteiger partial charge in [0.2, 0.25) is 5.78 Å². The van der Waals surface area contributed by atoms with Crippen LogP contribution in [0.5, 0.6) is 0 Å². The number of aliphatic carboxylic acids is 1. The number of H-pyrrole nitrogens is 1. The van der Waals surface area contributed by atoms with Gasteiger partial charge in [-0.05, 0) is 44.4 Å². The van der Waals surface area contributed by atoms with Gasteiger partial charge in [0.1, 0.15) is 11.6 Å². The Morgan fingerprint density at radius 3 is 2.64 bits per heavy atom. The molecule has 3 aliphatic rings. The molecule has 0 spiro atoms. The Morgan fingerprint density at radius 1 is 1.33 bits per heavy atom. The summed E-state index contributed by atoms with van der Waals surface area (Å²) < 4.78 is 5.51. The number of hydrogen-bond donors (Lipinski definition) is 2. The number of hydrogen-bond acceptors (Lipinski definition) is 7. The maximum absolute atomic E-state index is 13.5. The van der Waals surface area contributed by atoms with Gasteiger partial charge in [-0.25, -0.2) is 14.6 Å². The number of nitrogens with zero attached hydrogens (tertiary/aromatic N) is 2. The van der Waals surface area contributed by atoms with E-state index >= 15 is 0 Å². The molecule has 0 aromatic carbocycles. The molecule has 0 bridgehead atoms. The van der Waals surface area contributed by atoms with Crippen LogP contribution >= 0.6 is 11.6 Å². The first-order valence-electron chi connectivity index (χ1n) is 12.7. The van der Waals surface area contributed by atoms with Crippen molar-refractivity contribution in [3.05, 3.63) is 87.3 Å². The van der Waals surface area contributed by atoms with E-state index in [1.54, 1.807) is 49.4 Å². The summed E-state index contributed by atoms with van der Waals surface area (Å²) in [4.78, 5) is 60.9. The van der Waals surface area contributed by atoms with Gasteiger partial charge in [-0.1, -0.05) is 44.0 Å². The maximum Gasteiger partial charge on any atom is 0.343 e. The van der Waals surface area contributed by atoms with Crippen molar-refractivity contribution in [3.8, 4) is 0 Å². The second kappa shape index (κ2) is 10.6. The number of halogens is 1. The molecule has 204 valence electrons. The van der Waals surface area contributed by atoms with Crippen molar-refractivity contribution in [1.82, 2.24) is 14.9 Å². The van der Waals surface area contributed by atoms with Gasteiger partial charge in [0, 0.05) is 41.2 Å². The van der Waals surface area contributed by atoms with Crippen LogP contribution in [0.15, 0.2) is 81.6 Å². The van der Waals surface area contributed by atoms with E-state index in [-0.39, 0.29) is 34.1 Å². The molecule has 0 saturated heterocycles. The zero-order valence-electron chi connectivity index (χ0n) is 22.4. The summed E-state index contributed by atoms with van der Waals surface area (Å²) in [6, 6.07) is -1.10. The topological polar surface area (TPSA) is 130 Å². The van der Waals surface area contributed by atoms with E-state index in [4.69, 9.17) is 16.3 Å². The number of esters is 1. The standard InChI is InChI=1S/C29H30ClN3O6/c1-6-15(3)8-9-18-11-19-20(13-33(18)21(27(36)37)10-17-12-31-14-32-17)23-22(25(34)16(4)7-2)28(38)39-29(23,5)26(35)24(19)30/h7-9,11-15,21H,6,10H2,1-5H3,(H,31,32)(H,36,37)/b9-8+,16-7+/t15-,21-,29-/m0/s1. The number of imidazole rings is 1. The second-order valence-electron chi connectivity index (χ2n) is 9.91. The van der Waals surface area contributed by atoms with Crippen molar-refractivity contribution in [2.75, 3.05) is 0 Å². The van der Waals surface area contributed by atoms with Crippen LogP contribution < -0.4 is 0 Å². The van der Waals surface area contributed by atoms with Crippen molar-refractivity contribution in [1.29, 1.82) is 0 Å². The van der Waals surface area contributed by atoms with Crippen LogP contribution in [0.3, 0.4) is 0 Å². The molecule has 9 nitrogen and oxygen atoms in total. The normalized spacial score (nSPS) is 22.9. The number of rotatable bonds is 9. The summed E-state index contributed by atoms with van der Waals surface area (Å²) >= 11 is 6.58. The number of Topliss-reactive ketones (excluding diaryl/α,β-unsaturated/α-hetero) is 2. The lowest BCUT2D eigenvalue weighted by molar-refractivity contribution is -0.153. The molecule has 2 N–H and O–H groups in total. The molecule has 1 aromatic rings. The summed E-state index contributed by atoms with van der Waals surface area (Å²) in [6.07, 6.45) is 12.5. The van der Waals surface area contributed by atoms with E-state index in [1.807, 2.05) is 19.9 Å². The third-order valence-corrected chi connectivity index (χ3v) is 7.73. The minimum atomic E-state index is -1.83. The van der Waals surface area contributed by atoms with Gasteiger partial charge >= 0.3 is 11.9 Å². The van der Waals surface area contributed by atoms with Crippen molar-refractivity contribution < 1.29 is 29.0 Å². The number of fused-ring (bicyclic) bond motifs is 3. The van der Waals surface area contributed by atoms with Crippen LogP contribution in [0.2, 0.25) is 0 Å². The Hall–Kier alpha value is -3.98. The molecule has 4 rings (SSSR count). The number of carbonyl (C=O) groups is 4. The molecule has 0 radical (unpaired) electrons. The summed E-state index contributed by atoms with van der Waals surface area (Å²) in [7, 11) is 0. The molecule has 1 aromatic heterocycles. The number of ether oxygens (including phenoxy) is 1. The molecule has 0 fully saturated rings. The van der Waals surface area contributed by atoms with Crippen LogP contribution in [-0.2, 0) is 30.3 Å². The quantitative estimate of drug-likeness (QED) is 0.264. The Bertz CT molecular complexity index is 1440. The fraction of sp³-hybridized carbons (Fsp3) is 0.345. The average Bonchev–Trinajstić information content (AvgIpc) is 3.53.